The molecule has 2 nitrogen and oxygen atoms in total. The summed E-state index contributed by atoms with van der Waals surface area (Å²) in [5.41, 5.74) is 0. The maximum atomic E-state index is 3.53. The van der Waals surface area contributed by atoms with Crippen molar-refractivity contribution in [2.24, 2.45) is 5.92 Å². The van der Waals surface area contributed by atoms with E-state index in [9.17, 15) is 0 Å². The molecule has 2 unspecified atom stereocenters. The van der Waals surface area contributed by atoms with Crippen molar-refractivity contribution in [1.29, 1.82) is 0 Å². The Labute approximate surface area is 89.1 Å². The van der Waals surface area contributed by atoms with Crippen molar-refractivity contribution in [3.05, 3.63) is 0 Å². The van der Waals surface area contributed by atoms with E-state index in [4.69, 9.17) is 0 Å². The highest BCUT2D eigenvalue weighted by atomic mass is 15.2. The van der Waals surface area contributed by atoms with Crippen molar-refractivity contribution in [1.82, 2.24) is 10.2 Å². The molecule has 1 heterocycles. The first-order chi connectivity index (χ1) is 6.67. The van der Waals surface area contributed by atoms with Gasteiger partial charge in [0.1, 0.15) is 0 Å². The molecule has 0 spiro atoms. The van der Waals surface area contributed by atoms with Gasteiger partial charge in [0.05, 0.1) is 0 Å². The Kier molecular flexibility index (Phi) is 4.90. The summed E-state index contributed by atoms with van der Waals surface area (Å²) in [6.45, 7) is 12.9. The fourth-order valence-corrected chi connectivity index (χ4v) is 2.23. The standard InChI is InChI=1S/C12H26N2/c1-5-12(6-2)9-14-8-10(3)13-7-11(14)4/h10-13H,5-9H2,1-4H3. The van der Waals surface area contributed by atoms with Crippen LogP contribution in [0.1, 0.15) is 40.5 Å². The number of hydrogen-bond donors (Lipinski definition) is 1. The van der Waals surface area contributed by atoms with Crippen molar-refractivity contribution in [3.63, 3.8) is 0 Å². The van der Waals surface area contributed by atoms with Gasteiger partial charge in [0.2, 0.25) is 0 Å². The van der Waals surface area contributed by atoms with Crippen LogP contribution in [0.3, 0.4) is 0 Å². The minimum Gasteiger partial charge on any atom is -0.311 e. The molecule has 14 heavy (non-hydrogen) atoms. The SMILES string of the molecule is CCC(CC)CN1CC(C)NCC1C. The molecule has 2 atom stereocenters. The molecule has 0 aromatic carbocycles. The zero-order valence-corrected chi connectivity index (χ0v) is 10.2. The number of piperazine rings is 1. The predicted molar refractivity (Wildman–Crippen MR) is 62.6 cm³/mol. The summed E-state index contributed by atoms with van der Waals surface area (Å²) in [5.74, 6) is 0.891. The fourth-order valence-electron chi connectivity index (χ4n) is 2.23. The number of rotatable bonds is 4. The lowest BCUT2D eigenvalue weighted by Crippen LogP contribution is -2.55. The molecular formula is C12H26N2. The Morgan fingerprint density at radius 3 is 2.50 bits per heavy atom. The summed E-state index contributed by atoms with van der Waals surface area (Å²) < 4.78 is 0. The Hall–Kier alpha value is -0.0800. The second-order valence-corrected chi connectivity index (χ2v) is 4.79. The first-order valence-corrected chi connectivity index (χ1v) is 6.14. The van der Waals surface area contributed by atoms with Crippen LogP contribution in [0.2, 0.25) is 0 Å². The van der Waals surface area contributed by atoms with Crippen LogP contribution in [0.4, 0.5) is 0 Å². The predicted octanol–water partition coefficient (Wildman–Crippen LogP) is 2.10. The first kappa shape index (κ1) is 12.0. The minimum absolute atomic E-state index is 0.667. The number of nitrogens with zero attached hydrogens (tertiary/aromatic N) is 1. The number of hydrogen-bond acceptors (Lipinski definition) is 2. The van der Waals surface area contributed by atoms with Crippen LogP contribution >= 0.6 is 0 Å². The first-order valence-electron chi connectivity index (χ1n) is 6.14. The van der Waals surface area contributed by atoms with Gasteiger partial charge in [0, 0.05) is 31.7 Å². The lowest BCUT2D eigenvalue weighted by atomic mass is 10.0. The Morgan fingerprint density at radius 2 is 1.93 bits per heavy atom. The molecule has 84 valence electrons. The van der Waals surface area contributed by atoms with Crippen molar-refractivity contribution < 1.29 is 0 Å². The third-order valence-electron chi connectivity index (χ3n) is 3.54. The van der Waals surface area contributed by atoms with Crippen molar-refractivity contribution in [3.8, 4) is 0 Å². The van der Waals surface area contributed by atoms with Gasteiger partial charge < -0.3 is 5.32 Å². The topological polar surface area (TPSA) is 15.3 Å². The summed E-state index contributed by atoms with van der Waals surface area (Å²) in [4.78, 5) is 2.65. The molecule has 0 saturated carbocycles. The highest BCUT2D eigenvalue weighted by Gasteiger charge is 2.23. The Bertz CT molecular complexity index is 154. The largest absolute Gasteiger partial charge is 0.311 e. The van der Waals surface area contributed by atoms with E-state index in [0.29, 0.717) is 12.1 Å². The summed E-state index contributed by atoms with van der Waals surface area (Å²) >= 11 is 0. The van der Waals surface area contributed by atoms with Crippen molar-refractivity contribution in [2.45, 2.75) is 52.6 Å². The molecule has 0 aromatic heterocycles. The van der Waals surface area contributed by atoms with Gasteiger partial charge in [0.15, 0.2) is 0 Å². The average molecular weight is 198 g/mol. The molecule has 1 rings (SSSR count). The Balaban J connectivity index is 2.40. The fraction of sp³-hybridized carbons (Fsp3) is 1.00. The highest BCUT2D eigenvalue weighted by molar-refractivity contribution is 4.82. The summed E-state index contributed by atoms with van der Waals surface area (Å²) in [7, 11) is 0. The molecule has 2 heteroatoms. The van der Waals surface area contributed by atoms with E-state index >= 15 is 0 Å². The molecule has 1 N–H and O–H groups in total. The summed E-state index contributed by atoms with van der Waals surface area (Å²) in [5, 5.41) is 3.53. The van der Waals surface area contributed by atoms with Gasteiger partial charge in [-0.2, -0.15) is 0 Å². The van der Waals surface area contributed by atoms with Gasteiger partial charge in [-0.1, -0.05) is 26.7 Å². The molecule has 1 aliphatic heterocycles. The van der Waals surface area contributed by atoms with Gasteiger partial charge in [0.25, 0.3) is 0 Å². The molecule has 1 saturated heterocycles. The molecule has 0 amide bonds. The van der Waals surface area contributed by atoms with Gasteiger partial charge in [-0.05, 0) is 19.8 Å². The smallest absolute Gasteiger partial charge is 0.0193 e. The number of nitrogens with one attached hydrogen (secondary N) is 1. The third-order valence-corrected chi connectivity index (χ3v) is 3.54. The third kappa shape index (κ3) is 3.25. The molecule has 0 bridgehead atoms. The molecular weight excluding hydrogens is 172 g/mol. The maximum Gasteiger partial charge on any atom is 0.0193 e. The van der Waals surface area contributed by atoms with E-state index in [2.05, 4.69) is 37.9 Å². The Morgan fingerprint density at radius 1 is 1.29 bits per heavy atom. The van der Waals surface area contributed by atoms with Crippen LogP contribution < -0.4 is 5.32 Å². The molecule has 1 aliphatic rings. The monoisotopic (exact) mass is 198 g/mol. The summed E-state index contributed by atoms with van der Waals surface area (Å²) in [6.07, 6.45) is 2.64. The van der Waals surface area contributed by atoms with E-state index in [1.165, 1.54) is 25.9 Å². The van der Waals surface area contributed by atoms with Crippen LogP contribution in [0.25, 0.3) is 0 Å². The summed E-state index contributed by atoms with van der Waals surface area (Å²) in [6, 6.07) is 1.38. The van der Waals surface area contributed by atoms with E-state index < -0.39 is 0 Å². The normalized spacial score (nSPS) is 29.8. The van der Waals surface area contributed by atoms with Crippen LogP contribution in [0, 0.1) is 5.92 Å². The van der Waals surface area contributed by atoms with Gasteiger partial charge in [-0.25, -0.2) is 0 Å². The van der Waals surface area contributed by atoms with E-state index in [-0.39, 0.29) is 0 Å². The maximum absolute atomic E-state index is 3.53. The van der Waals surface area contributed by atoms with Crippen LogP contribution in [0.5, 0.6) is 0 Å². The molecule has 1 fully saturated rings. The minimum atomic E-state index is 0.667. The average Bonchev–Trinajstić information content (AvgIpc) is 2.19. The second kappa shape index (κ2) is 5.72. The lowest BCUT2D eigenvalue weighted by Gasteiger charge is -2.39. The van der Waals surface area contributed by atoms with Crippen molar-refractivity contribution >= 4 is 0 Å². The van der Waals surface area contributed by atoms with Crippen LogP contribution in [0.15, 0.2) is 0 Å². The zero-order valence-electron chi connectivity index (χ0n) is 10.2. The van der Waals surface area contributed by atoms with E-state index in [0.717, 1.165) is 12.5 Å². The molecule has 0 radical (unpaired) electrons. The van der Waals surface area contributed by atoms with Gasteiger partial charge in [-0.15, -0.1) is 0 Å². The van der Waals surface area contributed by atoms with E-state index in [1.54, 1.807) is 0 Å². The van der Waals surface area contributed by atoms with Crippen LogP contribution in [-0.4, -0.2) is 36.6 Å². The second-order valence-electron chi connectivity index (χ2n) is 4.79. The molecule has 0 aromatic rings. The lowest BCUT2D eigenvalue weighted by molar-refractivity contribution is 0.122. The molecule has 0 aliphatic carbocycles. The van der Waals surface area contributed by atoms with Crippen LogP contribution in [-0.2, 0) is 0 Å². The van der Waals surface area contributed by atoms with Crippen molar-refractivity contribution in [2.75, 3.05) is 19.6 Å². The zero-order chi connectivity index (χ0) is 10.6. The van der Waals surface area contributed by atoms with Gasteiger partial charge in [-0.3, -0.25) is 4.90 Å². The highest BCUT2D eigenvalue weighted by Crippen LogP contribution is 2.14. The quantitative estimate of drug-likeness (QED) is 0.744. The van der Waals surface area contributed by atoms with Gasteiger partial charge >= 0.3 is 0 Å². The van der Waals surface area contributed by atoms with E-state index in [1.807, 2.05) is 0 Å².